The molecule has 5 nitrogen and oxygen atoms in total. The van der Waals surface area contributed by atoms with Gasteiger partial charge < -0.3 is 10.6 Å². The van der Waals surface area contributed by atoms with Gasteiger partial charge in [0.05, 0.1) is 10.4 Å². The summed E-state index contributed by atoms with van der Waals surface area (Å²) in [5.74, 6) is 0. The first-order valence-electron chi connectivity index (χ1n) is 8.29. The summed E-state index contributed by atoms with van der Waals surface area (Å²) in [4.78, 5) is 0.284. The molecule has 0 bridgehead atoms. The van der Waals surface area contributed by atoms with Crippen LogP contribution in [0.1, 0.15) is 11.1 Å². The fourth-order valence-corrected chi connectivity index (χ4v) is 4.19. The van der Waals surface area contributed by atoms with E-state index in [4.69, 9.17) is 12.2 Å². The van der Waals surface area contributed by atoms with E-state index in [9.17, 15) is 8.42 Å². The molecule has 0 aliphatic rings. The zero-order chi connectivity index (χ0) is 18.7. The Morgan fingerprint density at radius 2 is 1.85 bits per heavy atom. The lowest BCUT2D eigenvalue weighted by molar-refractivity contribution is 0.589. The molecule has 0 aliphatic carbocycles. The fraction of sp³-hybridized carbons (Fsp3) is 0.211. The van der Waals surface area contributed by atoms with Crippen molar-refractivity contribution in [1.82, 2.24) is 14.6 Å². The van der Waals surface area contributed by atoms with Gasteiger partial charge in [-0.3, -0.25) is 0 Å². The summed E-state index contributed by atoms with van der Waals surface area (Å²) < 4.78 is 27.3. The highest BCUT2D eigenvalue weighted by Crippen LogP contribution is 2.23. The van der Waals surface area contributed by atoms with Crippen LogP contribution in [-0.4, -0.2) is 31.1 Å². The van der Waals surface area contributed by atoms with Crippen LogP contribution in [0.2, 0.25) is 0 Å². The third-order valence-electron chi connectivity index (χ3n) is 4.23. The Bertz CT molecular complexity index is 1040. The molecule has 0 aliphatic heterocycles. The number of fused-ring (bicyclic) bond motifs is 1. The van der Waals surface area contributed by atoms with Crippen molar-refractivity contribution in [3.05, 3.63) is 65.9 Å². The van der Waals surface area contributed by atoms with Gasteiger partial charge in [0.25, 0.3) is 10.0 Å². The van der Waals surface area contributed by atoms with E-state index in [1.807, 2.05) is 31.2 Å². The van der Waals surface area contributed by atoms with Crippen molar-refractivity contribution >= 4 is 38.3 Å². The molecule has 0 saturated carbocycles. The minimum Gasteiger partial charge on any atom is -0.366 e. The highest BCUT2D eigenvalue weighted by atomic mass is 32.2. The first-order valence-corrected chi connectivity index (χ1v) is 10.1. The van der Waals surface area contributed by atoms with Crippen LogP contribution in [0.15, 0.2) is 59.6 Å². The number of hydrogen-bond donors (Lipinski definition) is 2. The molecule has 0 amide bonds. The monoisotopic (exact) mass is 387 g/mol. The largest absolute Gasteiger partial charge is 0.366 e. The summed E-state index contributed by atoms with van der Waals surface area (Å²) in [6, 6.07) is 14.6. The molecule has 26 heavy (non-hydrogen) atoms. The van der Waals surface area contributed by atoms with Crippen molar-refractivity contribution in [2.24, 2.45) is 0 Å². The van der Waals surface area contributed by atoms with E-state index in [0.29, 0.717) is 17.2 Å². The van der Waals surface area contributed by atoms with Crippen LogP contribution in [-0.2, 0) is 16.4 Å². The molecule has 7 heteroatoms. The van der Waals surface area contributed by atoms with Gasteiger partial charge in [-0.25, -0.2) is 12.4 Å². The molecule has 136 valence electrons. The average Bonchev–Trinajstić information content (AvgIpc) is 3.06. The summed E-state index contributed by atoms with van der Waals surface area (Å²) >= 11 is 5.06. The Labute approximate surface area is 159 Å². The number of hydrogen-bond acceptors (Lipinski definition) is 3. The summed E-state index contributed by atoms with van der Waals surface area (Å²) in [7, 11) is -1.86. The van der Waals surface area contributed by atoms with E-state index in [-0.39, 0.29) is 4.90 Å². The van der Waals surface area contributed by atoms with Crippen LogP contribution in [0.25, 0.3) is 10.9 Å². The maximum atomic E-state index is 13.0. The number of benzene rings is 2. The summed E-state index contributed by atoms with van der Waals surface area (Å²) in [6.45, 7) is 2.61. The molecule has 3 aromatic rings. The van der Waals surface area contributed by atoms with Crippen molar-refractivity contribution in [2.75, 3.05) is 13.6 Å². The molecular weight excluding hydrogens is 366 g/mol. The number of aromatic nitrogens is 1. The highest BCUT2D eigenvalue weighted by molar-refractivity contribution is 7.90. The third kappa shape index (κ3) is 3.73. The lowest BCUT2D eigenvalue weighted by Crippen LogP contribution is -2.33. The van der Waals surface area contributed by atoms with Gasteiger partial charge in [0, 0.05) is 25.2 Å². The van der Waals surface area contributed by atoms with Crippen LogP contribution in [0.3, 0.4) is 0 Å². The van der Waals surface area contributed by atoms with E-state index in [1.165, 1.54) is 3.97 Å². The van der Waals surface area contributed by atoms with Crippen LogP contribution in [0.5, 0.6) is 0 Å². The van der Waals surface area contributed by atoms with Gasteiger partial charge in [0.1, 0.15) is 0 Å². The van der Waals surface area contributed by atoms with Gasteiger partial charge in [-0.05, 0) is 55.4 Å². The first-order chi connectivity index (χ1) is 12.4. The SMILES string of the molecule is CNC(=S)NCCc1ccc2ccn(S(=O)(=O)c3ccc(C)cc3)c2c1. The average molecular weight is 388 g/mol. The Kier molecular flexibility index (Phi) is 5.29. The van der Waals surface area contributed by atoms with Gasteiger partial charge in [0.2, 0.25) is 0 Å². The van der Waals surface area contributed by atoms with Crippen LogP contribution >= 0.6 is 12.2 Å². The van der Waals surface area contributed by atoms with Crippen molar-refractivity contribution in [3.63, 3.8) is 0 Å². The molecule has 0 saturated heterocycles. The summed E-state index contributed by atoms with van der Waals surface area (Å²) in [5, 5.41) is 7.44. The topological polar surface area (TPSA) is 63.1 Å². The zero-order valence-corrected chi connectivity index (χ0v) is 16.3. The Balaban J connectivity index is 1.92. The molecular formula is C19H21N3O2S2. The number of nitrogens with one attached hydrogen (secondary N) is 2. The summed E-state index contributed by atoms with van der Waals surface area (Å²) in [6.07, 6.45) is 2.35. The minimum absolute atomic E-state index is 0.284. The van der Waals surface area contributed by atoms with Crippen LogP contribution in [0.4, 0.5) is 0 Å². The molecule has 0 atom stereocenters. The fourth-order valence-electron chi connectivity index (χ4n) is 2.75. The Hall–Kier alpha value is -2.38. The predicted molar refractivity (Wildman–Crippen MR) is 109 cm³/mol. The van der Waals surface area contributed by atoms with E-state index in [1.54, 1.807) is 37.5 Å². The molecule has 0 fully saturated rings. The Morgan fingerprint density at radius 3 is 2.54 bits per heavy atom. The van der Waals surface area contributed by atoms with Crippen molar-refractivity contribution < 1.29 is 8.42 Å². The van der Waals surface area contributed by atoms with E-state index >= 15 is 0 Å². The van der Waals surface area contributed by atoms with E-state index < -0.39 is 10.0 Å². The zero-order valence-electron chi connectivity index (χ0n) is 14.7. The molecule has 1 aromatic heterocycles. The lowest BCUT2D eigenvalue weighted by atomic mass is 10.1. The van der Waals surface area contributed by atoms with Crippen molar-refractivity contribution in [1.29, 1.82) is 0 Å². The second kappa shape index (κ2) is 7.47. The predicted octanol–water partition coefficient (Wildman–Crippen LogP) is 2.82. The second-order valence-electron chi connectivity index (χ2n) is 6.08. The lowest BCUT2D eigenvalue weighted by Gasteiger charge is -2.10. The van der Waals surface area contributed by atoms with Gasteiger partial charge >= 0.3 is 0 Å². The van der Waals surface area contributed by atoms with Gasteiger partial charge in [-0.15, -0.1) is 0 Å². The first kappa shape index (κ1) is 18.4. The smallest absolute Gasteiger partial charge is 0.268 e. The number of nitrogens with zero attached hydrogens (tertiary/aromatic N) is 1. The van der Waals surface area contributed by atoms with Crippen LogP contribution < -0.4 is 10.6 Å². The van der Waals surface area contributed by atoms with E-state index in [2.05, 4.69) is 10.6 Å². The second-order valence-corrected chi connectivity index (χ2v) is 8.30. The maximum absolute atomic E-state index is 13.0. The molecule has 0 spiro atoms. The quantitative estimate of drug-likeness (QED) is 0.659. The molecule has 2 aromatic carbocycles. The van der Waals surface area contributed by atoms with Crippen molar-refractivity contribution in [2.45, 2.75) is 18.2 Å². The minimum atomic E-state index is -3.62. The molecule has 3 rings (SSSR count). The molecule has 2 N–H and O–H groups in total. The number of aryl methyl sites for hydroxylation is 1. The highest BCUT2D eigenvalue weighted by Gasteiger charge is 2.18. The van der Waals surface area contributed by atoms with Gasteiger partial charge in [-0.1, -0.05) is 29.8 Å². The standard InChI is InChI=1S/C19H21N3O2S2/c1-14-3-7-17(8-4-14)26(23,24)22-12-10-16-6-5-15(13-18(16)22)9-11-21-19(25)20-2/h3-8,10,12-13H,9,11H2,1-2H3,(H2,20,21,25). The normalized spacial score (nSPS) is 11.5. The van der Waals surface area contributed by atoms with Gasteiger partial charge in [0.15, 0.2) is 5.11 Å². The molecule has 1 heterocycles. The van der Waals surface area contributed by atoms with Crippen molar-refractivity contribution in [3.8, 4) is 0 Å². The van der Waals surface area contributed by atoms with Gasteiger partial charge in [-0.2, -0.15) is 0 Å². The number of thiocarbonyl (C=S) groups is 1. The van der Waals surface area contributed by atoms with E-state index in [0.717, 1.165) is 22.9 Å². The molecule has 0 radical (unpaired) electrons. The third-order valence-corrected chi connectivity index (χ3v) is 6.28. The summed E-state index contributed by atoms with van der Waals surface area (Å²) in [5.41, 5.74) is 2.75. The Morgan fingerprint density at radius 1 is 1.12 bits per heavy atom. The van der Waals surface area contributed by atoms with Crippen LogP contribution in [0, 0.1) is 6.92 Å². The maximum Gasteiger partial charge on any atom is 0.268 e. The number of rotatable bonds is 5. The molecule has 0 unspecified atom stereocenters.